The Hall–Kier alpha value is -1.40. The Morgan fingerprint density at radius 3 is 2.35 bits per heavy atom. The van der Waals surface area contributed by atoms with E-state index in [1.807, 2.05) is 45.0 Å². The lowest BCUT2D eigenvalue weighted by molar-refractivity contribution is -0.143. The van der Waals surface area contributed by atoms with Gasteiger partial charge in [-0.15, -0.1) is 0 Å². The molecule has 23 heavy (non-hydrogen) atoms. The van der Waals surface area contributed by atoms with Crippen LogP contribution in [0.3, 0.4) is 0 Å². The predicted octanol–water partition coefficient (Wildman–Crippen LogP) is 3.13. The second kappa shape index (κ2) is 9.03. The van der Waals surface area contributed by atoms with Crippen LogP contribution in [0.5, 0.6) is 5.75 Å². The Morgan fingerprint density at radius 1 is 1.26 bits per heavy atom. The summed E-state index contributed by atoms with van der Waals surface area (Å²) in [6, 6.07) is 7.36. The van der Waals surface area contributed by atoms with E-state index in [0.717, 1.165) is 11.3 Å². The molecule has 0 aromatic heterocycles. The molecular weight excluding hydrogens is 314 g/mol. The molecule has 0 aliphatic rings. The Bertz CT molecular complexity index is 522. The van der Waals surface area contributed by atoms with Crippen molar-refractivity contribution in [2.45, 2.75) is 51.3 Å². The second-order valence-corrected chi connectivity index (χ2v) is 8.17. The summed E-state index contributed by atoms with van der Waals surface area (Å²) in [6.07, 6.45) is 0.797. The van der Waals surface area contributed by atoms with Gasteiger partial charge in [0, 0.05) is 12.5 Å². The molecule has 0 heterocycles. The van der Waals surface area contributed by atoms with Gasteiger partial charge in [-0.25, -0.2) is 8.93 Å². The number of carbonyl (C=O) groups excluding carboxylic acids is 1. The first kappa shape index (κ1) is 19.6. The smallest absolute Gasteiger partial charge is 0.305 e. The average Bonchev–Trinajstić information content (AvgIpc) is 2.50. The maximum Gasteiger partial charge on any atom is 0.305 e. The van der Waals surface area contributed by atoms with Gasteiger partial charge in [0.2, 0.25) is 0 Å². The van der Waals surface area contributed by atoms with Crippen LogP contribution in [0.4, 0.5) is 0 Å². The normalized spacial score (nSPS) is 14.1. The number of ether oxygens (including phenoxy) is 2. The van der Waals surface area contributed by atoms with Gasteiger partial charge in [-0.3, -0.25) is 4.79 Å². The number of carbonyl (C=O) groups is 1. The highest BCUT2D eigenvalue weighted by atomic mass is 32.2. The van der Waals surface area contributed by atoms with Crippen molar-refractivity contribution in [3.05, 3.63) is 29.8 Å². The van der Waals surface area contributed by atoms with Crippen molar-refractivity contribution >= 4 is 17.0 Å². The fourth-order valence-corrected chi connectivity index (χ4v) is 2.80. The van der Waals surface area contributed by atoms with E-state index in [1.165, 1.54) is 0 Å². The van der Waals surface area contributed by atoms with Gasteiger partial charge in [-0.2, -0.15) is 0 Å². The number of hydrogen-bond donors (Lipinski definition) is 1. The summed E-state index contributed by atoms with van der Waals surface area (Å²) >= 11 is 0. The standard InChI is InChI=1S/C17H27NO4S/c1-6-22-16(19)12-11-15(18-23(20)17(2,3)4)13-7-9-14(21-5)10-8-13/h7-10,15,18H,6,11-12H2,1-5H3/t15-,23-/m0/s1. The highest BCUT2D eigenvalue weighted by Gasteiger charge is 2.24. The molecule has 1 aromatic carbocycles. The van der Waals surface area contributed by atoms with Crippen LogP contribution in [-0.2, 0) is 20.5 Å². The lowest BCUT2D eigenvalue weighted by Gasteiger charge is -2.24. The van der Waals surface area contributed by atoms with Crippen molar-refractivity contribution in [2.24, 2.45) is 0 Å². The largest absolute Gasteiger partial charge is 0.497 e. The maximum atomic E-state index is 12.4. The first-order chi connectivity index (χ1) is 10.8. The van der Waals surface area contributed by atoms with Crippen LogP contribution in [0.15, 0.2) is 24.3 Å². The SMILES string of the molecule is CCOC(=O)CC[C@H](N[S@@](=O)C(C)(C)C)c1ccc(OC)cc1. The predicted molar refractivity (Wildman–Crippen MR) is 92.6 cm³/mol. The molecule has 0 bridgehead atoms. The Balaban J connectivity index is 2.86. The second-order valence-electron chi connectivity index (χ2n) is 6.17. The molecule has 5 nitrogen and oxygen atoms in total. The molecule has 0 radical (unpaired) electrons. The molecule has 0 unspecified atom stereocenters. The highest BCUT2D eigenvalue weighted by molar-refractivity contribution is 7.84. The van der Waals surface area contributed by atoms with E-state index in [4.69, 9.17) is 9.47 Å². The van der Waals surface area contributed by atoms with Crippen LogP contribution < -0.4 is 9.46 Å². The van der Waals surface area contributed by atoms with Crippen molar-refractivity contribution < 1.29 is 18.5 Å². The third-order valence-electron chi connectivity index (χ3n) is 3.27. The third-order valence-corrected chi connectivity index (χ3v) is 4.88. The van der Waals surface area contributed by atoms with E-state index < -0.39 is 11.0 Å². The number of esters is 1. The number of hydrogen-bond acceptors (Lipinski definition) is 4. The van der Waals surface area contributed by atoms with Crippen LogP contribution in [0.1, 0.15) is 52.1 Å². The zero-order valence-corrected chi connectivity index (χ0v) is 15.4. The molecule has 0 aliphatic carbocycles. The van der Waals surface area contributed by atoms with Gasteiger partial charge in [0.25, 0.3) is 0 Å². The van der Waals surface area contributed by atoms with Crippen LogP contribution >= 0.6 is 0 Å². The zero-order chi connectivity index (χ0) is 17.5. The lowest BCUT2D eigenvalue weighted by atomic mass is 10.0. The van der Waals surface area contributed by atoms with Crippen molar-refractivity contribution in [1.82, 2.24) is 4.72 Å². The molecular formula is C17H27NO4S. The zero-order valence-electron chi connectivity index (χ0n) is 14.5. The first-order valence-electron chi connectivity index (χ1n) is 7.75. The molecule has 0 amide bonds. The third kappa shape index (κ3) is 6.71. The van der Waals surface area contributed by atoms with Gasteiger partial charge in [0.05, 0.1) is 29.4 Å². The summed E-state index contributed by atoms with van der Waals surface area (Å²) in [6.45, 7) is 7.88. The number of benzene rings is 1. The van der Waals surface area contributed by atoms with Crippen LogP contribution in [0, 0.1) is 0 Å². The summed E-state index contributed by atoms with van der Waals surface area (Å²) in [4.78, 5) is 11.6. The van der Waals surface area contributed by atoms with E-state index in [1.54, 1.807) is 14.0 Å². The number of rotatable bonds is 8. The highest BCUT2D eigenvalue weighted by Crippen LogP contribution is 2.24. The van der Waals surface area contributed by atoms with E-state index in [2.05, 4.69) is 4.72 Å². The van der Waals surface area contributed by atoms with Gasteiger partial charge in [-0.1, -0.05) is 12.1 Å². The minimum Gasteiger partial charge on any atom is -0.497 e. The van der Waals surface area contributed by atoms with Gasteiger partial charge in [-0.05, 0) is 51.8 Å². The molecule has 1 aromatic rings. The molecule has 2 atom stereocenters. The molecule has 0 fully saturated rings. The monoisotopic (exact) mass is 341 g/mol. The molecule has 1 rings (SSSR count). The summed E-state index contributed by atoms with van der Waals surface area (Å²) in [5.41, 5.74) is 0.965. The topological polar surface area (TPSA) is 64.6 Å². The minimum atomic E-state index is -1.23. The van der Waals surface area contributed by atoms with E-state index in [9.17, 15) is 9.00 Å². The average molecular weight is 341 g/mol. The lowest BCUT2D eigenvalue weighted by Crippen LogP contribution is -2.36. The molecule has 0 saturated carbocycles. The van der Waals surface area contributed by atoms with Crippen LogP contribution in [0.2, 0.25) is 0 Å². The Morgan fingerprint density at radius 2 is 1.87 bits per heavy atom. The summed E-state index contributed by atoms with van der Waals surface area (Å²) in [7, 11) is 0.384. The van der Waals surface area contributed by atoms with E-state index in [0.29, 0.717) is 13.0 Å². The van der Waals surface area contributed by atoms with Crippen molar-refractivity contribution in [3.63, 3.8) is 0 Å². The summed E-state index contributed by atoms with van der Waals surface area (Å²) in [5, 5.41) is 0. The molecule has 1 N–H and O–H groups in total. The maximum absolute atomic E-state index is 12.4. The molecule has 0 saturated heterocycles. The van der Waals surface area contributed by atoms with E-state index >= 15 is 0 Å². The number of nitrogens with one attached hydrogen (secondary N) is 1. The van der Waals surface area contributed by atoms with Crippen molar-refractivity contribution in [2.75, 3.05) is 13.7 Å². The summed E-state index contributed by atoms with van der Waals surface area (Å²) < 4.78 is 25.3. The quantitative estimate of drug-likeness (QED) is 0.738. The van der Waals surface area contributed by atoms with Gasteiger partial charge < -0.3 is 9.47 Å². The Labute approximate surface area is 141 Å². The van der Waals surface area contributed by atoms with E-state index in [-0.39, 0.29) is 23.2 Å². The van der Waals surface area contributed by atoms with Gasteiger partial charge >= 0.3 is 5.97 Å². The van der Waals surface area contributed by atoms with Crippen molar-refractivity contribution in [3.8, 4) is 5.75 Å². The molecule has 130 valence electrons. The minimum absolute atomic E-state index is 0.189. The van der Waals surface area contributed by atoms with Gasteiger partial charge in [0.15, 0.2) is 0 Å². The van der Waals surface area contributed by atoms with Crippen molar-refractivity contribution in [1.29, 1.82) is 0 Å². The fourth-order valence-electron chi connectivity index (χ4n) is 1.93. The summed E-state index contributed by atoms with van der Waals surface area (Å²) in [5.74, 6) is 0.518. The Kier molecular flexibility index (Phi) is 7.72. The molecule has 6 heteroatoms. The van der Waals surface area contributed by atoms with Crippen LogP contribution in [0.25, 0.3) is 0 Å². The fraction of sp³-hybridized carbons (Fsp3) is 0.588. The van der Waals surface area contributed by atoms with Gasteiger partial charge in [0.1, 0.15) is 5.75 Å². The molecule has 0 aliphatic heterocycles. The first-order valence-corrected chi connectivity index (χ1v) is 8.90. The number of methoxy groups -OCH3 is 1. The van der Waals surface area contributed by atoms with Crippen LogP contribution in [-0.4, -0.2) is 28.6 Å². The molecule has 0 spiro atoms.